The first-order valence-corrected chi connectivity index (χ1v) is 1.95. The van der Waals surface area contributed by atoms with Crippen LogP contribution in [0.5, 0.6) is 0 Å². The van der Waals surface area contributed by atoms with Crippen molar-refractivity contribution in [3.63, 3.8) is 0 Å². The molecule has 0 aliphatic heterocycles. The van der Waals surface area contributed by atoms with Crippen molar-refractivity contribution in [2.45, 2.75) is 18.8 Å². The molecule has 0 saturated heterocycles. The maximum absolute atomic E-state index is 11.5. The Morgan fingerprint density at radius 3 is 1.38 bits per heavy atom. The molecule has 0 aromatic heterocycles. The van der Waals surface area contributed by atoms with Crippen molar-refractivity contribution < 1.29 is 17.6 Å². The molecule has 0 nitrogen and oxygen atoms in total. The Kier molecular flexibility index (Phi) is 2.79. The molecule has 0 aliphatic rings. The molecule has 8 heavy (non-hydrogen) atoms. The zero-order valence-electron chi connectivity index (χ0n) is 3.95. The first-order chi connectivity index (χ1) is 3.55. The predicted molar refractivity (Wildman–Crippen MR) is 21.2 cm³/mol. The largest absolute Gasteiger partial charge is 0.272 e. The molecule has 2 atom stereocenters. The van der Waals surface area contributed by atoms with Crippen molar-refractivity contribution in [3.05, 3.63) is 6.92 Å². The van der Waals surface area contributed by atoms with E-state index in [1.807, 2.05) is 0 Å². The van der Waals surface area contributed by atoms with Crippen molar-refractivity contribution >= 4 is 0 Å². The summed E-state index contributed by atoms with van der Waals surface area (Å²) in [4.78, 5) is 0. The molecule has 0 aromatic carbocycles. The lowest BCUT2D eigenvalue weighted by atomic mass is 10.3. The van der Waals surface area contributed by atoms with Crippen LogP contribution in [0.4, 0.5) is 17.6 Å². The molecule has 0 heterocycles. The van der Waals surface area contributed by atoms with Gasteiger partial charge in [0.15, 0.2) is 6.17 Å². The number of hydrogen-bond acceptors (Lipinski definition) is 0. The number of rotatable bonds is 2. The summed E-state index contributed by atoms with van der Waals surface area (Å²) in [6.07, 6.45) is -8.33. The van der Waals surface area contributed by atoms with Gasteiger partial charge >= 0.3 is 0 Å². The summed E-state index contributed by atoms with van der Waals surface area (Å²) < 4.78 is 44.9. The number of alkyl halides is 4. The standard InChI is InChI=1S/C4H5F4/c1-2(5)3(6)4(7)8/h2-4H,1H2. The summed E-state index contributed by atoms with van der Waals surface area (Å²) in [5, 5.41) is 0. The summed E-state index contributed by atoms with van der Waals surface area (Å²) in [5.74, 6) is 0. The molecule has 49 valence electrons. The van der Waals surface area contributed by atoms with Crippen LogP contribution in [-0.2, 0) is 0 Å². The summed E-state index contributed by atoms with van der Waals surface area (Å²) in [5.41, 5.74) is 0. The zero-order chi connectivity index (χ0) is 6.73. The highest BCUT2D eigenvalue weighted by atomic mass is 19.3. The van der Waals surface area contributed by atoms with Crippen LogP contribution in [-0.4, -0.2) is 18.8 Å². The van der Waals surface area contributed by atoms with Gasteiger partial charge in [0.2, 0.25) is 0 Å². The Labute approximate surface area is 44.5 Å². The minimum absolute atomic E-state index is 2.32. The molecule has 0 rings (SSSR count). The van der Waals surface area contributed by atoms with E-state index in [0.717, 1.165) is 0 Å². The first kappa shape index (κ1) is 7.72. The normalized spacial score (nSPS) is 18.8. The summed E-state index contributed by atoms with van der Waals surface area (Å²) in [6, 6.07) is 0. The first-order valence-electron chi connectivity index (χ1n) is 1.95. The molecular formula is C4H5F4. The topological polar surface area (TPSA) is 0 Å². The second-order valence-electron chi connectivity index (χ2n) is 1.29. The van der Waals surface area contributed by atoms with Gasteiger partial charge in [0.1, 0.15) is 6.17 Å². The molecule has 0 amide bonds. The molecule has 0 fully saturated rings. The number of hydrogen-bond donors (Lipinski definition) is 0. The van der Waals surface area contributed by atoms with Crippen molar-refractivity contribution in [2.75, 3.05) is 0 Å². The molecule has 0 bridgehead atoms. The van der Waals surface area contributed by atoms with Crippen molar-refractivity contribution in [1.29, 1.82) is 0 Å². The van der Waals surface area contributed by atoms with Gasteiger partial charge < -0.3 is 0 Å². The fourth-order valence-corrected chi connectivity index (χ4v) is 0.158. The smallest absolute Gasteiger partial charge is 0.244 e. The molecule has 0 saturated carbocycles. The van der Waals surface area contributed by atoms with Crippen molar-refractivity contribution in [2.24, 2.45) is 0 Å². The Balaban J connectivity index is 3.46. The maximum atomic E-state index is 11.5. The highest BCUT2D eigenvalue weighted by molar-refractivity contribution is 4.71. The second kappa shape index (κ2) is 2.89. The van der Waals surface area contributed by atoms with E-state index < -0.39 is 18.8 Å². The van der Waals surface area contributed by atoms with Crippen LogP contribution < -0.4 is 0 Å². The van der Waals surface area contributed by atoms with E-state index in [9.17, 15) is 17.6 Å². The molecule has 0 spiro atoms. The molecule has 0 aromatic rings. The van der Waals surface area contributed by atoms with E-state index in [0.29, 0.717) is 0 Å². The number of halogens is 4. The monoisotopic (exact) mass is 129 g/mol. The van der Waals surface area contributed by atoms with Gasteiger partial charge in [0, 0.05) is 0 Å². The molecular weight excluding hydrogens is 124 g/mol. The van der Waals surface area contributed by atoms with Crippen LogP contribution in [0, 0.1) is 6.92 Å². The average Bonchev–Trinajstić information content (AvgIpc) is 1.64. The quantitative estimate of drug-likeness (QED) is 0.498. The highest BCUT2D eigenvalue weighted by Crippen LogP contribution is 2.11. The van der Waals surface area contributed by atoms with Crippen LogP contribution in [0.3, 0.4) is 0 Å². The van der Waals surface area contributed by atoms with Crippen molar-refractivity contribution in [1.82, 2.24) is 0 Å². The lowest BCUT2D eigenvalue weighted by molar-refractivity contribution is 0.0164. The van der Waals surface area contributed by atoms with E-state index in [1.54, 1.807) is 0 Å². The van der Waals surface area contributed by atoms with E-state index in [4.69, 9.17) is 0 Å². The average molecular weight is 129 g/mol. The fraction of sp³-hybridized carbons (Fsp3) is 0.750. The van der Waals surface area contributed by atoms with Gasteiger partial charge in [0.05, 0.1) is 0 Å². The van der Waals surface area contributed by atoms with Gasteiger partial charge in [-0.1, -0.05) is 0 Å². The van der Waals surface area contributed by atoms with Crippen LogP contribution in [0.25, 0.3) is 0 Å². The van der Waals surface area contributed by atoms with Crippen molar-refractivity contribution in [3.8, 4) is 0 Å². The van der Waals surface area contributed by atoms with E-state index in [-0.39, 0.29) is 0 Å². The third kappa shape index (κ3) is 2.14. The van der Waals surface area contributed by atoms with Crippen LogP contribution in [0.1, 0.15) is 0 Å². The molecule has 1 radical (unpaired) electrons. The lowest BCUT2D eigenvalue weighted by Gasteiger charge is -2.05. The van der Waals surface area contributed by atoms with Crippen LogP contribution >= 0.6 is 0 Å². The SMILES string of the molecule is [CH2]C(F)C(F)C(F)F. The maximum Gasteiger partial charge on any atom is 0.272 e. The minimum atomic E-state index is -3.26. The van der Waals surface area contributed by atoms with Gasteiger partial charge in [-0.25, -0.2) is 17.6 Å². The summed E-state index contributed by atoms with van der Waals surface area (Å²) >= 11 is 0. The van der Waals surface area contributed by atoms with Gasteiger partial charge in [-0.2, -0.15) is 0 Å². The zero-order valence-corrected chi connectivity index (χ0v) is 3.95. The van der Waals surface area contributed by atoms with E-state index >= 15 is 0 Å². The Hall–Kier alpha value is -0.280. The fourth-order valence-electron chi connectivity index (χ4n) is 0.158. The Morgan fingerprint density at radius 2 is 1.38 bits per heavy atom. The molecule has 2 unspecified atom stereocenters. The van der Waals surface area contributed by atoms with Gasteiger partial charge in [0.25, 0.3) is 6.43 Å². The lowest BCUT2D eigenvalue weighted by Crippen LogP contribution is -2.22. The van der Waals surface area contributed by atoms with Gasteiger partial charge in [-0.05, 0) is 6.92 Å². The third-order valence-electron chi connectivity index (χ3n) is 0.586. The van der Waals surface area contributed by atoms with Gasteiger partial charge in [-0.15, -0.1) is 0 Å². The molecule has 0 N–H and O–H groups in total. The Morgan fingerprint density at radius 1 is 1.00 bits per heavy atom. The van der Waals surface area contributed by atoms with E-state index in [1.165, 1.54) is 0 Å². The minimum Gasteiger partial charge on any atom is -0.244 e. The third-order valence-corrected chi connectivity index (χ3v) is 0.586. The van der Waals surface area contributed by atoms with E-state index in [2.05, 4.69) is 6.92 Å². The summed E-state index contributed by atoms with van der Waals surface area (Å²) in [6.45, 7) is 2.44. The highest BCUT2D eigenvalue weighted by Gasteiger charge is 2.25. The Bertz CT molecular complexity index is 53.1. The van der Waals surface area contributed by atoms with Crippen LogP contribution in [0.15, 0.2) is 0 Å². The van der Waals surface area contributed by atoms with Gasteiger partial charge in [-0.3, -0.25) is 0 Å². The predicted octanol–water partition coefficient (Wildman–Crippen LogP) is 1.76. The molecule has 4 heteroatoms. The second-order valence-corrected chi connectivity index (χ2v) is 1.29. The summed E-state index contributed by atoms with van der Waals surface area (Å²) in [7, 11) is 0. The van der Waals surface area contributed by atoms with Crippen LogP contribution in [0.2, 0.25) is 0 Å². The molecule has 0 aliphatic carbocycles.